The summed E-state index contributed by atoms with van der Waals surface area (Å²) in [5.41, 5.74) is 6.91. The zero-order chi connectivity index (χ0) is 13.8. The van der Waals surface area contributed by atoms with Gasteiger partial charge in [-0.15, -0.1) is 0 Å². The SMILES string of the molecule is CC(N)=NC(=O)c1cc(-c2ccccn2)ccc1O. The summed E-state index contributed by atoms with van der Waals surface area (Å²) in [5, 5.41) is 9.71. The third-order valence-corrected chi connectivity index (χ3v) is 2.47. The molecule has 1 amide bonds. The van der Waals surface area contributed by atoms with E-state index in [-0.39, 0.29) is 17.1 Å². The smallest absolute Gasteiger partial charge is 0.282 e. The van der Waals surface area contributed by atoms with Crippen molar-refractivity contribution in [1.82, 2.24) is 4.98 Å². The van der Waals surface area contributed by atoms with Crippen molar-refractivity contribution in [2.45, 2.75) is 6.92 Å². The fraction of sp³-hybridized carbons (Fsp3) is 0.0714. The van der Waals surface area contributed by atoms with Gasteiger partial charge in [0.25, 0.3) is 5.91 Å². The largest absolute Gasteiger partial charge is 0.507 e. The summed E-state index contributed by atoms with van der Waals surface area (Å²) in [6.07, 6.45) is 1.66. The first-order valence-corrected chi connectivity index (χ1v) is 5.67. The number of benzene rings is 1. The van der Waals surface area contributed by atoms with Crippen molar-refractivity contribution >= 4 is 11.7 Å². The molecule has 0 unspecified atom stereocenters. The Morgan fingerprint density at radius 3 is 2.74 bits per heavy atom. The van der Waals surface area contributed by atoms with Crippen LogP contribution in [0.3, 0.4) is 0 Å². The van der Waals surface area contributed by atoms with Gasteiger partial charge in [-0.2, -0.15) is 4.99 Å². The van der Waals surface area contributed by atoms with Crippen LogP contribution in [-0.2, 0) is 0 Å². The van der Waals surface area contributed by atoms with E-state index in [2.05, 4.69) is 9.98 Å². The molecule has 1 aromatic carbocycles. The second-order valence-electron chi connectivity index (χ2n) is 4.01. The number of carbonyl (C=O) groups is 1. The molecule has 0 saturated carbocycles. The molecule has 0 radical (unpaired) electrons. The van der Waals surface area contributed by atoms with E-state index in [1.165, 1.54) is 13.0 Å². The lowest BCUT2D eigenvalue weighted by Crippen LogP contribution is -2.09. The Morgan fingerprint density at radius 1 is 1.32 bits per heavy atom. The van der Waals surface area contributed by atoms with Crippen LogP contribution in [0.4, 0.5) is 0 Å². The lowest BCUT2D eigenvalue weighted by atomic mass is 10.1. The van der Waals surface area contributed by atoms with Crippen LogP contribution in [0.25, 0.3) is 11.3 Å². The van der Waals surface area contributed by atoms with Crippen LogP contribution < -0.4 is 5.73 Å². The maximum Gasteiger partial charge on any atom is 0.282 e. The van der Waals surface area contributed by atoms with Crippen LogP contribution in [0.1, 0.15) is 17.3 Å². The Balaban J connectivity index is 2.46. The third-order valence-electron chi connectivity index (χ3n) is 2.47. The normalized spacial score (nSPS) is 11.3. The molecule has 0 aliphatic carbocycles. The highest BCUT2D eigenvalue weighted by molar-refractivity contribution is 6.04. The van der Waals surface area contributed by atoms with Crippen LogP contribution in [0.15, 0.2) is 47.6 Å². The minimum Gasteiger partial charge on any atom is -0.507 e. The van der Waals surface area contributed by atoms with Crippen molar-refractivity contribution < 1.29 is 9.90 Å². The van der Waals surface area contributed by atoms with Crippen molar-refractivity contribution in [3.05, 3.63) is 48.2 Å². The Kier molecular flexibility index (Phi) is 3.56. The first-order valence-electron chi connectivity index (χ1n) is 5.67. The summed E-state index contributed by atoms with van der Waals surface area (Å²) >= 11 is 0. The van der Waals surface area contributed by atoms with Gasteiger partial charge >= 0.3 is 0 Å². The average molecular weight is 255 g/mol. The first-order chi connectivity index (χ1) is 9.08. The number of aromatic nitrogens is 1. The van der Waals surface area contributed by atoms with E-state index in [0.29, 0.717) is 5.69 Å². The second kappa shape index (κ2) is 5.30. The van der Waals surface area contributed by atoms with Crippen LogP contribution in [0, 0.1) is 0 Å². The monoisotopic (exact) mass is 255 g/mol. The standard InChI is InChI=1S/C14H13N3O2/c1-9(15)17-14(19)11-8-10(5-6-13(11)18)12-4-2-3-7-16-12/h2-8,18H,1H3,(H2,15,17,19). The summed E-state index contributed by atoms with van der Waals surface area (Å²) in [6, 6.07) is 10.1. The molecule has 0 aliphatic heterocycles. The van der Waals surface area contributed by atoms with E-state index in [0.717, 1.165) is 5.56 Å². The minimum atomic E-state index is -0.574. The van der Waals surface area contributed by atoms with E-state index in [4.69, 9.17) is 5.73 Å². The third kappa shape index (κ3) is 2.95. The number of carbonyl (C=O) groups excluding carboxylic acids is 1. The number of hydrogen-bond acceptors (Lipinski definition) is 3. The predicted octanol–water partition coefficient (Wildman–Crippen LogP) is 1.97. The van der Waals surface area contributed by atoms with Gasteiger partial charge in [-0.1, -0.05) is 6.07 Å². The number of phenols is 1. The maximum atomic E-state index is 11.8. The lowest BCUT2D eigenvalue weighted by molar-refractivity contribution is 0.100. The Hall–Kier alpha value is -2.69. The Bertz CT molecular complexity index is 632. The molecule has 2 rings (SSSR count). The molecular formula is C14H13N3O2. The zero-order valence-electron chi connectivity index (χ0n) is 10.4. The second-order valence-corrected chi connectivity index (χ2v) is 4.01. The molecule has 3 N–H and O–H groups in total. The fourth-order valence-corrected chi connectivity index (χ4v) is 1.62. The molecule has 1 aromatic heterocycles. The van der Waals surface area contributed by atoms with Gasteiger partial charge in [0.05, 0.1) is 11.3 Å². The summed E-state index contributed by atoms with van der Waals surface area (Å²) in [6.45, 7) is 1.51. The summed E-state index contributed by atoms with van der Waals surface area (Å²) in [4.78, 5) is 19.6. The highest BCUT2D eigenvalue weighted by Gasteiger charge is 2.12. The highest BCUT2D eigenvalue weighted by Crippen LogP contribution is 2.25. The molecule has 0 spiro atoms. The van der Waals surface area contributed by atoms with E-state index >= 15 is 0 Å². The van der Waals surface area contributed by atoms with Crippen LogP contribution in [0.2, 0.25) is 0 Å². The Morgan fingerprint density at radius 2 is 2.11 bits per heavy atom. The molecule has 5 heteroatoms. The van der Waals surface area contributed by atoms with Crippen molar-refractivity contribution in [3.63, 3.8) is 0 Å². The lowest BCUT2D eigenvalue weighted by Gasteiger charge is -2.05. The molecule has 0 aliphatic rings. The number of hydrogen-bond donors (Lipinski definition) is 2. The number of aromatic hydroxyl groups is 1. The van der Waals surface area contributed by atoms with E-state index < -0.39 is 5.91 Å². The van der Waals surface area contributed by atoms with Gasteiger partial charge in [-0.3, -0.25) is 9.78 Å². The van der Waals surface area contributed by atoms with Gasteiger partial charge in [-0.05, 0) is 37.3 Å². The number of phenolic OH excluding ortho intramolecular Hbond substituents is 1. The molecule has 1 heterocycles. The minimum absolute atomic E-state index is 0.105. The summed E-state index contributed by atoms with van der Waals surface area (Å²) in [7, 11) is 0. The van der Waals surface area contributed by atoms with Crippen LogP contribution in [0.5, 0.6) is 5.75 Å². The van der Waals surface area contributed by atoms with Gasteiger partial charge in [0.2, 0.25) is 0 Å². The van der Waals surface area contributed by atoms with Gasteiger partial charge in [0.15, 0.2) is 0 Å². The van der Waals surface area contributed by atoms with Gasteiger partial charge < -0.3 is 10.8 Å². The molecule has 96 valence electrons. The molecule has 0 atom stereocenters. The fourth-order valence-electron chi connectivity index (χ4n) is 1.62. The van der Waals surface area contributed by atoms with Crippen molar-refractivity contribution in [2.75, 3.05) is 0 Å². The molecule has 2 aromatic rings. The van der Waals surface area contributed by atoms with Crippen molar-refractivity contribution in [2.24, 2.45) is 10.7 Å². The molecule has 5 nitrogen and oxygen atoms in total. The summed E-state index contributed by atoms with van der Waals surface area (Å²) in [5.74, 6) is -0.558. The number of nitrogens with two attached hydrogens (primary N) is 1. The van der Waals surface area contributed by atoms with Gasteiger partial charge in [-0.25, -0.2) is 0 Å². The van der Waals surface area contributed by atoms with E-state index in [1.807, 2.05) is 12.1 Å². The number of pyridine rings is 1. The number of rotatable bonds is 2. The Labute approximate surface area is 110 Å². The quantitative estimate of drug-likeness (QED) is 0.634. The number of aliphatic imine (C=N–C) groups is 1. The number of amides is 1. The molecule has 0 fully saturated rings. The van der Waals surface area contributed by atoms with Crippen molar-refractivity contribution in [1.29, 1.82) is 0 Å². The van der Waals surface area contributed by atoms with E-state index in [9.17, 15) is 9.90 Å². The summed E-state index contributed by atoms with van der Waals surface area (Å²) < 4.78 is 0. The molecular weight excluding hydrogens is 242 g/mol. The molecule has 19 heavy (non-hydrogen) atoms. The number of amidine groups is 1. The maximum absolute atomic E-state index is 11.8. The highest BCUT2D eigenvalue weighted by atomic mass is 16.3. The van der Waals surface area contributed by atoms with Crippen LogP contribution in [-0.4, -0.2) is 21.8 Å². The zero-order valence-corrected chi connectivity index (χ0v) is 10.4. The molecule has 0 saturated heterocycles. The van der Waals surface area contributed by atoms with Crippen LogP contribution >= 0.6 is 0 Å². The molecule has 0 bridgehead atoms. The first kappa shape index (κ1) is 12.8. The predicted molar refractivity (Wildman–Crippen MR) is 73.0 cm³/mol. The van der Waals surface area contributed by atoms with Crippen molar-refractivity contribution in [3.8, 4) is 17.0 Å². The topological polar surface area (TPSA) is 88.6 Å². The van der Waals surface area contributed by atoms with Gasteiger partial charge in [0, 0.05) is 11.8 Å². The number of nitrogens with zero attached hydrogens (tertiary/aromatic N) is 2. The van der Waals surface area contributed by atoms with E-state index in [1.54, 1.807) is 24.4 Å². The van der Waals surface area contributed by atoms with Gasteiger partial charge in [0.1, 0.15) is 11.6 Å². The average Bonchev–Trinajstić information content (AvgIpc) is 2.39.